The van der Waals surface area contributed by atoms with Crippen LogP contribution in [0.4, 0.5) is 0 Å². The van der Waals surface area contributed by atoms with Crippen molar-refractivity contribution in [2.75, 3.05) is 6.61 Å². The Bertz CT molecular complexity index is 572. The molecule has 19 heavy (non-hydrogen) atoms. The lowest BCUT2D eigenvalue weighted by atomic mass is 10.3. The molecule has 2 aromatic rings. The Balaban J connectivity index is 2.32. The second-order valence-corrected chi connectivity index (χ2v) is 3.92. The molecule has 102 valence electrons. The van der Waals surface area contributed by atoms with Crippen LogP contribution in [-0.2, 0) is 17.7 Å². The van der Waals surface area contributed by atoms with Crippen LogP contribution in [0.15, 0.2) is 6.07 Å². The Morgan fingerprint density at radius 1 is 1.42 bits per heavy atom. The molecule has 0 fully saturated rings. The standard InChI is InChI=1S/C12H17N5O2/c1-4-8-7-9(17(5-2)16-8)10-13-11(15-14-10)12(18)19-6-3/h7H,4-6H2,1-3H3,(H,13,14,15). The van der Waals surface area contributed by atoms with Crippen LogP contribution in [0, 0.1) is 0 Å². The first-order valence-electron chi connectivity index (χ1n) is 6.36. The van der Waals surface area contributed by atoms with Crippen molar-refractivity contribution in [1.29, 1.82) is 0 Å². The minimum Gasteiger partial charge on any atom is -0.460 e. The van der Waals surface area contributed by atoms with Gasteiger partial charge in [0.2, 0.25) is 5.82 Å². The number of carbonyl (C=O) groups is 1. The highest BCUT2D eigenvalue weighted by Gasteiger charge is 2.17. The average Bonchev–Trinajstić information content (AvgIpc) is 3.05. The zero-order chi connectivity index (χ0) is 13.8. The van der Waals surface area contributed by atoms with E-state index in [0.29, 0.717) is 12.4 Å². The smallest absolute Gasteiger partial charge is 0.375 e. The number of hydrogen-bond acceptors (Lipinski definition) is 5. The second kappa shape index (κ2) is 5.64. The van der Waals surface area contributed by atoms with Crippen molar-refractivity contribution in [3.63, 3.8) is 0 Å². The maximum absolute atomic E-state index is 11.5. The van der Waals surface area contributed by atoms with E-state index in [2.05, 4.69) is 20.3 Å². The van der Waals surface area contributed by atoms with Crippen LogP contribution >= 0.6 is 0 Å². The van der Waals surface area contributed by atoms with E-state index in [1.807, 2.05) is 24.6 Å². The number of aromatic nitrogens is 5. The number of aromatic amines is 1. The summed E-state index contributed by atoms with van der Waals surface area (Å²) in [6.07, 6.45) is 0.842. The van der Waals surface area contributed by atoms with E-state index in [4.69, 9.17) is 4.74 Å². The van der Waals surface area contributed by atoms with Crippen molar-refractivity contribution >= 4 is 5.97 Å². The molecule has 0 radical (unpaired) electrons. The highest BCUT2D eigenvalue weighted by atomic mass is 16.5. The summed E-state index contributed by atoms with van der Waals surface area (Å²) in [6.45, 7) is 6.80. The largest absolute Gasteiger partial charge is 0.460 e. The maximum atomic E-state index is 11.5. The molecule has 1 N–H and O–H groups in total. The van der Waals surface area contributed by atoms with Gasteiger partial charge in [0.1, 0.15) is 5.69 Å². The molecule has 0 spiro atoms. The number of aryl methyl sites for hydroxylation is 2. The Hall–Kier alpha value is -2.18. The van der Waals surface area contributed by atoms with Gasteiger partial charge in [0.15, 0.2) is 5.82 Å². The molecule has 0 amide bonds. The van der Waals surface area contributed by atoms with Crippen molar-refractivity contribution in [2.45, 2.75) is 33.7 Å². The quantitative estimate of drug-likeness (QED) is 0.825. The summed E-state index contributed by atoms with van der Waals surface area (Å²) in [4.78, 5) is 15.7. The van der Waals surface area contributed by atoms with Gasteiger partial charge in [0.05, 0.1) is 12.3 Å². The summed E-state index contributed by atoms with van der Waals surface area (Å²) in [5.74, 6) is 0.0652. The molecule has 0 bridgehead atoms. The molecule has 0 saturated carbocycles. The van der Waals surface area contributed by atoms with Crippen LogP contribution in [0.25, 0.3) is 11.5 Å². The molecule has 0 unspecified atom stereocenters. The number of hydrogen-bond donors (Lipinski definition) is 1. The molecule has 7 heteroatoms. The molecule has 7 nitrogen and oxygen atoms in total. The van der Waals surface area contributed by atoms with Crippen LogP contribution in [0.3, 0.4) is 0 Å². The number of esters is 1. The van der Waals surface area contributed by atoms with Gasteiger partial charge >= 0.3 is 5.97 Å². The van der Waals surface area contributed by atoms with Gasteiger partial charge < -0.3 is 4.74 Å². The van der Waals surface area contributed by atoms with E-state index in [-0.39, 0.29) is 5.82 Å². The van der Waals surface area contributed by atoms with Crippen LogP contribution in [0.1, 0.15) is 37.1 Å². The zero-order valence-electron chi connectivity index (χ0n) is 11.3. The number of rotatable bonds is 5. The first-order valence-corrected chi connectivity index (χ1v) is 6.36. The number of carbonyl (C=O) groups excluding carboxylic acids is 1. The highest BCUT2D eigenvalue weighted by molar-refractivity contribution is 5.85. The Morgan fingerprint density at radius 3 is 2.84 bits per heavy atom. The lowest BCUT2D eigenvalue weighted by Gasteiger charge is -1.99. The van der Waals surface area contributed by atoms with Crippen molar-refractivity contribution in [2.24, 2.45) is 0 Å². The maximum Gasteiger partial charge on any atom is 0.375 e. The molecule has 0 saturated heterocycles. The highest BCUT2D eigenvalue weighted by Crippen LogP contribution is 2.17. The molecule has 0 aromatic carbocycles. The third-order valence-electron chi connectivity index (χ3n) is 2.68. The Morgan fingerprint density at radius 2 is 2.21 bits per heavy atom. The monoisotopic (exact) mass is 263 g/mol. The predicted molar refractivity (Wildman–Crippen MR) is 68.6 cm³/mol. The molecular formula is C12H17N5O2. The number of nitrogens with one attached hydrogen (secondary N) is 1. The summed E-state index contributed by atoms with van der Waals surface area (Å²) in [6, 6.07) is 1.93. The van der Waals surface area contributed by atoms with E-state index in [0.717, 1.165) is 24.4 Å². The van der Waals surface area contributed by atoms with Gasteiger partial charge in [-0.25, -0.2) is 4.79 Å². The topological polar surface area (TPSA) is 85.7 Å². The first kappa shape index (κ1) is 13.3. The van der Waals surface area contributed by atoms with Crippen LogP contribution in [0.5, 0.6) is 0 Å². The van der Waals surface area contributed by atoms with E-state index in [1.165, 1.54) is 0 Å². The third-order valence-corrected chi connectivity index (χ3v) is 2.68. The van der Waals surface area contributed by atoms with Gasteiger partial charge in [0, 0.05) is 6.54 Å². The van der Waals surface area contributed by atoms with Crippen LogP contribution < -0.4 is 0 Å². The van der Waals surface area contributed by atoms with Crippen molar-refractivity contribution < 1.29 is 9.53 Å². The third kappa shape index (κ3) is 2.64. The van der Waals surface area contributed by atoms with Gasteiger partial charge in [-0.15, -0.1) is 0 Å². The molecule has 0 aliphatic heterocycles. The van der Waals surface area contributed by atoms with E-state index in [9.17, 15) is 4.79 Å². The summed E-state index contributed by atoms with van der Waals surface area (Å²) >= 11 is 0. The number of H-pyrrole nitrogens is 1. The second-order valence-electron chi connectivity index (χ2n) is 3.92. The summed E-state index contributed by atoms with van der Waals surface area (Å²) < 4.78 is 6.68. The summed E-state index contributed by atoms with van der Waals surface area (Å²) in [5, 5.41) is 11.1. The average molecular weight is 263 g/mol. The normalized spacial score (nSPS) is 10.7. The summed E-state index contributed by atoms with van der Waals surface area (Å²) in [7, 11) is 0. The Labute approximate surface area is 111 Å². The van der Waals surface area contributed by atoms with Gasteiger partial charge in [-0.2, -0.15) is 15.2 Å². The fraction of sp³-hybridized carbons (Fsp3) is 0.500. The van der Waals surface area contributed by atoms with Crippen LogP contribution in [0.2, 0.25) is 0 Å². The zero-order valence-corrected chi connectivity index (χ0v) is 11.3. The van der Waals surface area contributed by atoms with Gasteiger partial charge in [-0.1, -0.05) is 6.92 Å². The molecule has 0 aliphatic rings. The molecular weight excluding hydrogens is 246 g/mol. The van der Waals surface area contributed by atoms with Gasteiger partial charge in [0.25, 0.3) is 0 Å². The van der Waals surface area contributed by atoms with Crippen molar-refractivity contribution in [3.8, 4) is 11.5 Å². The minimum atomic E-state index is -0.500. The molecule has 2 rings (SSSR count). The fourth-order valence-electron chi connectivity index (χ4n) is 1.73. The molecule has 0 atom stereocenters. The van der Waals surface area contributed by atoms with Gasteiger partial charge in [-0.3, -0.25) is 9.78 Å². The number of ether oxygens (including phenoxy) is 1. The van der Waals surface area contributed by atoms with Crippen molar-refractivity contribution in [1.82, 2.24) is 25.0 Å². The van der Waals surface area contributed by atoms with Crippen LogP contribution in [-0.4, -0.2) is 37.5 Å². The van der Waals surface area contributed by atoms with E-state index in [1.54, 1.807) is 6.92 Å². The summed E-state index contributed by atoms with van der Waals surface area (Å²) in [5.41, 5.74) is 1.77. The van der Waals surface area contributed by atoms with E-state index >= 15 is 0 Å². The first-order chi connectivity index (χ1) is 9.19. The number of nitrogens with zero attached hydrogens (tertiary/aromatic N) is 4. The molecule has 2 aromatic heterocycles. The van der Waals surface area contributed by atoms with Crippen molar-refractivity contribution in [3.05, 3.63) is 17.6 Å². The molecule has 0 aliphatic carbocycles. The van der Waals surface area contributed by atoms with E-state index < -0.39 is 5.97 Å². The fourth-order valence-corrected chi connectivity index (χ4v) is 1.73. The Kier molecular flexibility index (Phi) is 3.94. The van der Waals surface area contributed by atoms with Gasteiger partial charge in [-0.05, 0) is 26.3 Å². The lowest BCUT2D eigenvalue weighted by Crippen LogP contribution is -2.06. The molecule has 2 heterocycles. The predicted octanol–water partition coefficient (Wildman–Crippen LogP) is 1.43. The minimum absolute atomic E-state index is 0.110. The SMILES string of the molecule is CCOC(=O)c1nc(-c2cc(CC)nn2CC)n[nH]1. The lowest BCUT2D eigenvalue weighted by molar-refractivity contribution is 0.0512.